The first-order valence-electron chi connectivity index (χ1n) is 7.36. The van der Waals surface area contributed by atoms with Crippen molar-refractivity contribution in [2.45, 2.75) is 25.9 Å². The average Bonchev–Trinajstić information content (AvgIpc) is 3.19. The lowest BCUT2D eigenvalue weighted by Crippen LogP contribution is -2.39. The van der Waals surface area contributed by atoms with Gasteiger partial charge < -0.3 is 0 Å². The van der Waals surface area contributed by atoms with Gasteiger partial charge in [0.05, 0.1) is 11.0 Å². The van der Waals surface area contributed by atoms with E-state index >= 15 is 0 Å². The van der Waals surface area contributed by atoms with Gasteiger partial charge in [-0.05, 0) is 37.6 Å². The zero-order valence-electron chi connectivity index (χ0n) is 12.5. The molecule has 0 spiro atoms. The van der Waals surface area contributed by atoms with Crippen LogP contribution >= 0.6 is 0 Å². The Balaban J connectivity index is 2.00. The van der Waals surface area contributed by atoms with Crippen LogP contribution in [0.25, 0.3) is 22.1 Å². The fraction of sp³-hybridized carbons (Fsp3) is 0.250. The summed E-state index contributed by atoms with van der Waals surface area (Å²) in [4.78, 5) is 0. The van der Waals surface area contributed by atoms with Crippen molar-refractivity contribution < 1.29 is 0 Å². The Hall–Kier alpha value is -2.76. The molecule has 2 aromatic heterocycles. The number of para-hydroxylation sites is 2. The van der Waals surface area contributed by atoms with E-state index in [0.29, 0.717) is 0 Å². The van der Waals surface area contributed by atoms with Gasteiger partial charge in [-0.3, -0.25) is 0 Å². The van der Waals surface area contributed by atoms with Gasteiger partial charge in [-0.15, -0.1) is 10.2 Å². The molecule has 6 nitrogen and oxygen atoms in total. The van der Waals surface area contributed by atoms with E-state index in [0.717, 1.165) is 28.5 Å². The maximum absolute atomic E-state index is 4.38. The summed E-state index contributed by atoms with van der Waals surface area (Å²) in [5.74, 6) is 0. The molecule has 0 aliphatic heterocycles. The molecule has 110 valence electrons. The molecule has 0 radical (unpaired) electrons. The van der Waals surface area contributed by atoms with E-state index in [2.05, 4.69) is 34.5 Å². The maximum Gasteiger partial charge on any atom is 0.155 e. The van der Waals surface area contributed by atoms with Crippen LogP contribution in [0.2, 0.25) is 0 Å². The highest BCUT2D eigenvalue weighted by atomic mass is 15.6. The molecule has 6 heteroatoms. The molecule has 2 aromatic carbocycles. The first-order valence-corrected chi connectivity index (χ1v) is 7.36. The third-order valence-electron chi connectivity index (χ3n) is 4.29. The summed E-state index contributed by atoms with van der Waals surface area (Å²) in [5.41, 5.74) is 3.28. The molecule has 0 amide bonds. The minimum atomic E-state index is -0.466. The third-order valence-corrected chi connectivity index (χ3v) is 4.29. The molecule has 0 atom stereocenters. The molecule has 0 N–H and O–H groups in total. The number of aromatic nitrogens is 6. The quantitative estimate of drug-likeness (QED) is 0.582. The van der Waals surface area contributed by atoms with Crippen molar-refractivity contribution in [3.63, 3.8) is 0 Å². The van der Waals surface area contributed by atoms with Gasteiger partial charge in [-0.2, -0.15) is 0 Å². The topological polar surface area (TPSA) is 61.4 Å². The first kappa shape index (κ1) is 12.9. The monoisotopic (exact) mass is 292 g/mol. The highest BCUT2D eigenvalue weighted by Crippen LogP contribution is 2.28. The lowest BCUT2D eigenvalue weighted by atomic mass is 10.1. The lowest BCUT2D eigenvalue weighted by Gasteiger charge is -2.29. The summed E-state index contributed by atoms with van der Waals surface area (Å²) in [6.45, 7) is 4.22. The van der Waals surface area contributed by atoms with Crippen LogP contribution in [0, 0.1) is 0 Å². The molecule has 2 heterocycles. The van der Waals surface area contributed by atoms with Crippen molar-refractivity contribution in [1.82, 2.24) is 30.0 Å². The number of rotatable bonds is 3. The van der Waals surface area contributed by atoms with Gasteiger partial charge in [0, 0.05) is 0 Å². The summed E-state index contributed by atoms with van der Waals surface area (Å²) in [5, 5.41) is 17.3. The van der Waals surface area contributed by atoms with Gasteiger partial charge in [-0.25, -0.2) is 9.36 Å². The summed E-state index contributed by atoms with van der Waals surface area (Å²) >= 11 is 0. The predicted molar refractivity (Wildman–Crippen MR) is 84.4 cm³/mol. The van der Waals surface area contributed by atoms with E-state index in [1.54, 1.807) is 0 Å². The van der Waals surface area contributed by atoms with E-state index < -0.39 is 5.66 Å². The average molecular weight is 292 g/mol. The highest BCUT2D eigenvalue weighted by molar-refractivity contribution is 5.76. The second-order valence-corrected chi connectivity index (χ2v) is 5.55. The highest BCUT2D eigenvalue weighted by Gasteiger charge is 2.32. The van der Waals surface area contributed by atoms with Crippen molar-refractivity contribution >= 4 is 22.1 Å². The van der Waals surface area contributed by atoms with Crippen LogP contribution in [0.4, 0.5) is 0 Å². The van der Waals surface area contributed by atoms with Gasteiger partial charge in [0.15, 0.2) is 5.66 Å². The Bertz CT molecular complexity index is 877. The Morgan fingerprint density at radius 1 is 0.818 bits per heavy atom. The molecule has 4 rings (SSSR count). The Labute approximate surface area is 127 Å². The number of benzene rings is 2. The minimum Gasteiger partial charge on any atom is -0.217 e. The van der Waals surface area contributed by atoms with Crippen molar-refractivity contribution in [3.8, 4) is 0 Å². The fourth-order valence-corrected chi connectivity index (χ4v) is 2.84. The van der Waals surface area contributed by atoms with E-state index in [1.165, 1.54) is 0 Å². The van der Waals surface area contributed by atoms with Gasteiger partial charge >= 0.3 is 0 Å². The largest absolute Gasteiger partial charge is 0.217 e. The van der Waals surface area contributed by atoms with Crippen LogP contribution < -0.4 is 0 Å². The number of hydrogen-bond acceptors (Lipinski definition) is 4. The van der Waals surface area contributed by atoms with E-state index in [-0.39, 0.29) is 0 Å². The van der Waals surface area contributed by atoms with Crippen molar-refractivity contribution in [2.24, 2.45) is 0 Å². The molecule has 0 saturated heterocycles. The second-order valence-electron chi connectivity index (χ2n) is 5.55. The molecule has 0 bridgehead atoms. The standard InChI is InChI=1S/C16H16N6/c1-3-16(2,21-14-10-6-4-8-12(14)17-19-21)22-15-11-7-5-9-13(15)18-20-22/h4-11H,3H2,1-2H3. The van der Waals surface area contributed by atoms with Crippen LogP contribution in [0.15, 0.2) is 48.5 Å². The minimum absolute atomic E-state index is 0.466. The second kappa shape index (κ2) is 4.62. The van der Waals surface area contributed by atoms with Gasteiger partial charge in [0.25, 0.3) is 0 Å². The zero-order valence-corrected chi connectivity index (χ0v) is 12.5. The SMILES string of the molecule is CCC(C)(n1nnc2ccccc21)n1nnc2ccccc21. The molecule has 0 aliphatic carbocycles. The zero-order chi connectivity index (χ0) is 15.2. The molecule has 0 unspecified atom stereocenters. The van der Waals surface area contributed by atoms with Crippen molar-refractivity contribution in [2.75, 3.05) is 0 Å². The molecule has 0 saturated carbocycles. The van der Waals surface area contributed by atoms with Gasteiger partial charge in [-0.1, -0.05) is 41.6 Å². The van der Waals surface area contributed by atoms with Crippen molar-refractivity contribution in [3.05, 3.63) is 48.5 Å². The Morgan fingerprint density at radius 2 is 1.27 bits per heavy atom. The predicted octanol–water partition coefficient (Wildman–Crippen LogP) is 2.81. The van der Waals surface area contributed by atoms with Crippen LogP contribution in [-0.2, 0) is 5.66 Å². The fourth-order valence-electron chi connectivity index (χ4n) is 2.84. The molecular weight excluding hydrogens is 276 g/mol. The lowest BCUT2D eigenvalue weighted by molar-refractivity contribution is 0.205. The molecular formula is C16H16N6. The van der Waals surface area contributed by atoms with Crippen LogP contribution in [0.5, 0.6) is 0 Å². The van der Waals surface area contributed by atoms with E-state index in [9.17, 15) is 0 Å². The third kappa shape index (κ3) is 1.67. The molecule has 4 aromatic rings. The summed E-state index contributed by atoms with van der Waals surface area (Å²) < 4.78 is 3.87. The molecule has 22 heavy (non-hydrogen) atoms. The number of fused-ring (bicyclic) bond motifs is 2. The Kier molecular flexibility index (Phi) is 2.72. The van der Waals surface area contributed by atoms with Gasteiger partial charge in [0.2, 0.25) is 0 Å². The van der Waals surface area contributed by atoms with E-state index in [4.69, 9.17) is 0 Å². The van der Waals surface area contributed by atoms with Crippen molar-refractivity contribution in [1.29, 1.82) is 0 Å². The summed E-state index contributed by atoms with van der Waals surface area (Å²) in [6.07, 6.45) is 0.813. The summed E-state index contributed by atoms with van der Waals surface area (Å²) in [6, 6.07) is 15.9. The Morgan fingerprint density at radius 3 is 1.73 bits per heavy atom. The number of hydrogen-bond donors (Lipinski definition) is 0. The smallest absolute Gasteiger partial charge is 0.155 e. The number of nitrogens with zero attached hydrogens (tertiary/aromatic N) is 6. The summed E-state index contributed by atoms with van der Waals surface area (Å²) in [7, 11) is 0. The van der Waals surface area contributed by atoms with E-state index in [1.807, 2.05) is 57.9 Å². The molecule has 0 fully saturated rings. The van der Waals surface area contributed by atoms with Gasteiger partial charge in [0.1, 0.15) is 11.0 Å². The normalized spacial score (nSPS) is 12.3. The first-order chi connectivity index (χ1) is 10.7. The molecule has 0 aliphatic rings. The van der Waals surface area contributed by atoms with Crippen LogP contribution in [0.3, 0.4) is 0 Å². The van der Waals surface area contributed by atoms with Crippen LogP contribution in [0.1, 0.15) is 20.3 Å². The van der Waals surface area contributed by atoms with Crippen LogP contribution in [-0.4, -0.2) is 30.0 Å². The maximum atomic E-state index is 4.38.